The van der Waals surface area contributed by atoms with Gasteiger partial charge in [0.1, 0.15) is 16.8 Å². The normalized spacial score (nSPS) is 10.4. The van der Waals surface area contributed by atoms with Gasteiger partial charge in [-0.3, -0.25) is 0 Å². The second kappa shape index (κ2) is 8.86. The predicted molar refractivity (Wildman–Crippen MR) is 122 cm³/mol. The van der Waals surface area contributed by atoms with E-state index in [1.165, 1.54) is 17.3 Å². The Bertz CT molecular complexity index is 1190. The second-order valence-corrected chi connectivity index (χ2v) is 7.92. The van der Waals surface area contributed by atoms with Crippen molar-refractivity contribution in [1.29, 1.82) is 5.26 Å². The van der Waals surface area contributed by atoms with Crippen molar-refractivity contribution in [3.63, 3.8) is 0 Å². The summed E-state index contributed by atoms with van der Waals surface area (Å²) in [7, 11) is 1.65. The van der Waals surface area contributed by atoms with E-state index in [0.29, 0.717) is 10.6 Å². The first kappa shape index (κ1) is 19.8. The average Bonchev–Trinajstić information content (AvgIpc) is 2.80. The Labute approximate surface area is 181 Å². The zero-order valence-corrected chi connectivity index (χ0v) is 17.6. The van der Waals surface area contributed by atoms with E-state index < -0.39 is 0 Å². The molecular weight excluding hydrogens is 388 g/mol. The first-order valence-electron chi connectivity index (χ1n) is 9.57. The van der Waals surface area contributed by atoms with Crippen molar-refractivity contribution in [2.75, 3.05) is 7.11 Å². The van der Waals surface area contributed by atoms with Crippen LogP contribution < -0.4 is 4.74 Å². The molecule has 0 atom stereocenters. The van der Waals surface area contributed by atoms with E-state index >= 15 is 0 Å². The molecule has 0 fully saturated rings. The Morgan fingerprint density at radius 3 is 2.20 bits per heavy atom. The van der Waals surface area contributed by atoms with Crippen molar-refractivity contribution in [3.05, 3.63) is 96.1 Å². The topological polar surface area (TPSA) is 45.9 Å². The molecule has 0 saturated heterocycles. The Hall–Kier alpha value is -3.55. The third kappa shape index (κ3) is 4.22. The largest absolute Gasteiger partial charge is 0.497 e. The summed E-state index contributed by atoms with van der Waals surface area (Å²) >= 11 is 1.51. The molecule has 0 amide bonds. The van der Waals surface area contributed by atoms with Gasteiger partial charge in [0, 0.05) is 16.0 Å². The third-order valence-corrected chi connectivity index (χ3v) is 5.80. The van der Waals surface area contributed by atoms with Gasteiger partial charge < -0.3 is 4.74 Å². The molecule has 3 nitrogen and oxygen atoms in total. The lowest BCUT2D eigenvalue weighted by atomic mass is 9.99. The molecule has 0 aliphatic carbocycles. The Balaban J connectivity index is 1.88. The molecule has 0 spiro atoms. The minimum Gasteiger partial charge on any atom is -0.497 e. The monoisotopic (exact) mass is 408 g/mol. The van der Waals surface area contributed by atoms with Crippen LogP contribution in [-0.4, -0.2) is 12.1 Å². The summed E-state index contributed by atoms with van der Waals surface area (Å²) in [5, 5.41) is 10.7. The Morgan fingerprint density at radius 1 is 0.867 bits per heavy atom. The van der Waals surface area contributed by atoms with Gasteiger partial charge in [-0.25, -0.2) is 4.98 Å². The summed E-state index contributed by atoms with van der Waals surface area (Å²) < 4.78 is 5.28. The number of hydrogen-bond donors (Lipinski definition) is 0. The van der Waals surface area contributed by atoms with Crippen molar-refractivity contribution in [2.24, 2.45) is 0 Å². The maximum Gasteiger partial charge on any atom is 0.120 e. The summed E-state index contributed by atoms with van der Waals surface area (Å²) in [5.41, 5.74) is 5.47. The fourth-order valence-electron chi connectivity index (χ4n) is 3.18. The number of aromatic nitrogens is 1. The molecule has 0 unspecified atom stereocenters. The van der Waals surface area contributed by atoms with E-state index in [0.717, 1.165) is 33.0 Å². The van der Waals surface area contributed by atoms with Crippen molar-refractivity contribution in [3.8, 4) is 34.2 Å². The van der Waals surface area contributed by atoms with Gasteiger partial charge in [0.25, 0.3) is 0 Å². The zero-order chi connectivity index (χ0) is 20.9. The number of nitrogens with zero attached hydrogens (tertiary/aromatic N) is 2. The first-order valence-corrected chi connectivity index (χ1v) is 10.4. The van der Waals surface area contributed by atoms with Gasteiger partial charge in [-0.1, -0.05) is 59.8 Å². The molecule has 0 radical (unpaired) electrons. The highest BCUT2D eigenvalue weighted by Gasteiger charge is 2.16. The molecule has 0 bridgehead atoms. The summed E-state index contributed by atoms with van der Waals surface area (Å²) in [6.45, 7) is 2.06. The van der Waals surface area contributed by atoms with Crippen molar-refractivity contribution >= 4 is 11.8 Å². The van der Waals surface area contributed by atoms with Crippen molar-refractivity contribution in [2.45, 2.75) is 16.8 Å². The molecule has 30 heavy (non-hydrogen) atoms. The zero-order valence-electron chi connectivity index (χ0n) is 16.8. The van der Waals surface area contributed by atoms with Crippen LogP contribution in [0.1, 0.15) is 11.1 Å². The van der Waals surface area contributed by atoms with Crippen LogP contribution in [0.3, 0.4) is 0 Å². The lowest BCUT2D eigenvalue weighted by molar-refractivity contribution is 0.415. The molecule has 0 aliphatic rings. The number of ether oxygens (including phenoxy) is 1. The highest BCUT2D eigenvalue weighted by atomic mass is 32.2. The maximum atomic E-state index is 9.99. The number of pyridine rings is 1. The summed E-state index contributed by atoms with van der Waals surface area (Å²) in [4.78, 5) is 5.92. The number of benzene rings is 3. The Morgan fingerprint density at radius 2 is 1.57 bits per heavy atom. The number of rotatable bonds is 5. The number of aryl methyl sites for hydroxylation is 1. The SMILES string of the molecule is COc1ccc(-c2cc(-c3ccccc3)c(C#N)c(Sc3ccc(C)cc3)n2)cc1. The Kier molecular flexibility index (Phi) is 5.83. The van der Waals surface area contributed by atoms with Gasteiger partial charge in [-0.15, -0.1) is 0 Å². The molecule has 1 aromatic heterocycles. The van der Waals surface area contributed by atoms with Crippen LogP contribution in [0.15, 0.2) is 94.9 Å². The highest BCUT2D eigenvalue weighted by molar-refractivity contribution is 7.99. The molecule has 4 aromatic rings. The third-order valence-electron chi connectivity index (χ3n) is 4.80. The van der Waals surface area contributed by atoms with Crippen molar-refractivity contribution < 1.29 is 4.74 Å². The van der Waals surface area contributed by atoms with Crippen molar-refractivity contribution in [1.82, 2.24) is 4.98 Å². The average molecular weight is 409 g/mol. The van der Waals surface area contributed by atoms with Crippen LogP contribution in [0.5, 0.6) is 5.75 Å². The van der Waals surface area contributed by atoms with Crippen LogP contribution in [0.4, 0.5) is 0 Å². The molecule has 146 valence electrons. The van der Waals surface area contributed by atoms with Gasteiger partial charge in [-0.2, -0.15) is 5.26 Å². The molecule has 4 heteroatoms. The number of methoxy groups -OCH3 is 1. The number of hydrogen-bond acceptors (Lipinski definition) is 4. The second-order valence-electron chi connectivity index (χ2n) is 6.86. The number of nitriles is 1. The highest BCUT2D eigenvalue weighted by Crippen LogP contribution is 2.37. The minimum absolute atomic E-state index is 0.587. The fraction of sp³-hybridized carbons (Fsp3) is 0.0769. The van der Waals surface area contributed by atoms with Crippen LogP contribution >= 0.6 is 11.8 Å². The lowest BCUT2D eigenvalue weighted by Crippen LogP contribution is -1.96. The molecule has 4 rings (SSSR count). The first-order chi connectivity index (χ1) is 14.7. The smallest absolute Gasteiger partial charge is 0.120 e. The summed E-state index contributed by atoms with van der Waals surface area (Å²) in [6.07, 6.45) is 0. The van der Waals surface area contributed by atoms with E-state index in [2.05, 4.69) is 37.3 Å². The quantitative estimate of drug-likeness (QED) is 0.366. The standard InChI is InChI=1S/C26H20N2OS/c1-18-8-14-22(15-9-18)30-26-24(17-27)23(19-6-4-3-5-7-19)16-25(28-26)20-10-12-21(29-2)13-11-20/h3-16H,1-2H3. The van der Waals surface area contributed by atoms with Gasteiger partial charge in [0.2, 0.25) is 0 Å². The van der Waals surface area contributed by atoms with Crippen LogP contribution in [0.25, 0.3) is 22.4 Å². The molecule has 1 heterocycles. The van der Waals surface area contributed by atoms with Crippen LogP contribution in [0.2, 0.25) is 0 Å². The van der Waals surface area contributed by atoms with Gasteiger partial charge in [0.15, 0.2) is 0 Å². The van der Waals surface area contributed by atoms with Gasteiger partial charge in [0.05, 0.1) is 18.4 Å². The van der Waals surface area contributed by atoms with Gasteiger partial charge >= 0.3 is 0 Å². The van der Waals surface area contributed by atoms with Crippen LogP contribution in [-0.2, 0) is 0 Å². The van der Waals surface area contributed by atoms with Gasteiger partial charge in [-0.05, 0) is 55.0 Å². The summed E-state index contributed by atoms with van der Waals surface area (Å²) in [5.74, 6) is 0.796. The summed E-state index contributed by atoms with van der Waals surface area (Å²) in [6, 6.07) is 30.4. The van der Waals surface area contributed by atoms with E-state index in [-0.39, 0.29) is 0 Å². The molecule has 3 aromatic carbocycles. The van der Waals surface area contributed by atoms with E-state index in [4.69, 9.17) is 9.72 Å². The molecule has 0 N–H and O–H groups in total. The fourth-order valence-corrected chi connectivity index (χ4v) is 4.07. The van der Waals surface area contributed by atoms with E-state index in [1.54, 1.807) is 7.11 Å². The lowest BCUT2D eigenvalue weighted by Gasteiger charge is -2.13. The molecule has 0 saturated carbocycles. The maximum absolute atomic E-state index is 9.99. The molecular formula is C26H20N2OS. The van der Waals surface area contributed by atoms with E-state index in [1.807, 2.05) is 60.7 Å². The predicted octanol–water partition coefficient (Wildman–Crippen LogP) is 6.76. The van der Waals surface area contributed by atoms with E-state index in [9.17, 15) is 5.26 Å². The minimum atomic E-state index is 0.587. The molecule has 0 aliphatic heterocycles. The van der Waals surface area contributed by atoms with Crippen LogP contribution in [0, 0.1) is 18.3 Å².